The van der Waals surface area contributed by atoms with Crippen molar-refractivity contribution in [3.8, 4) is 5.75 Å². The van der Waals surface area contributed by atoms with Gasteiger partial charge >= 0.3 is 5.97 Å². The van der Waals surface area contributed by atoms with E-state index in [1.807, 2.05) is 0 Å². The Morgan fingerprint density at radius 2 is 2.10 bits per heavy atom. The van der Waals surface area contributed by atoms with Crippen LogP contribution in [0.25, 0.3) is 5.57 Å². The van der Waals surface area contributed by atoms with E-state index >= 15 is 0 Å². The quantitative estimate of drug-likeness (QED) is 0.368. The number of rotatable bonds is 8. The van der Waals surface area contributed by atoms with Gasteiger partial charge in [0.25, 0.3) is 0 Å². The molecule has 0 saturated carbocycles. The first kappa shape index (κ1) is 23.6. The van der Waals surface area contributed by atoms with Gasteiger partial charge in [0.05, 0.1) is 18.2 Å². The molecule has 0 fully saturated rings. The van der Waals surface area contributed by atoms with E-state index in [1.165, 1.54) is 25.4 Å². The molecule has 0 aliphatic rings. The largest absolute Gasteiger partial charge is 0.482 e. The zero-order valence-corrected chi connectivity index (χ0v) is 17.8. The zero-order chi connectivity index (χ0) is 23.1. The van der Waals surface area contributed by atoms with E-state index in [4.69, 9.17) is 20.9 Å². The first-order chi connectivity index (χ1) is 14.7. The number of nitrogens with two attached hydrogens (primary N) is 2. The molecule has 0 aliphatic carbocycles. The number of nitrogens with one attached hydrogen (secondary N) is 1. The van der Waals surface area contributed by atoms with E-state index in [9.17, 15) is 14.3 Å². The summed E-state index contributed by atoms with van der Waals surface area (Å²) in [6.45, 7) is 2.00. The van der Waals surface area contributed by atoms with Crippen LogP contribution < -0.4 is 21.5 Å². The Balaban J connectivity index is 2.50. The summed E-state index contributed by atoms with van der Waals surface area (Å²) >= 11 is 0. The summed E-state index contributed by atoms with van der Waals surface area (Å²) in [7, 11) is 4.79. The minimum absolute atomic E-state index is 0.0912. The number of carbonyl (C=O) groups is 1. The molecule has 1 aromatic carbocycles. The molecule has 1 atom stereocenters. The number of carboxylic acid groups (broad SMARTS) is 1. The Bertz CT molecular complexity index is 1020. The lowest BCUT2D eigenvalue weighted by Gasteiger charge is -2.19. The van der Waals surface area contributed by atoms with Gasteiger partial charge in [0.15, 0.2) is 11.6 Å². The minimum Gasteiger partial charge on any atom is -0.482 e. The molecule has 0 bridgehead atoms. The second-order valence-electron chi connectivity index (χ2n) is 6.57. The van der Waals surface area contributed by atoms with Crippen LogP contribution in [0, 0.1) is 5.82 Å². The summed E-state index contributed by atoms with van der Waals surface area (Å²) in [6.07, 6.45) is 0.755. The van der Waals surface area contributed by atoms with Crippen molar-refractivity contribution in [3.05, 3.63) is 58.7 Å². The van der Waals surface area contributed by atoms with Gasteiger partial charge in [0.1, 0.15) is 11.9 Å². The highest BCUT2D eigenvalue weighted by Gasteiger charge is 2.21. The number of anilines is 1. The third kappa shape index (κ3) is 5.48. The van der Waals surface area contributed by atoms with Gasteiger partial charge in [0.2, 0.25) is 5.90 Å². The van der Waals surface area contributed by atoms with Gasteiger partial charge in [0, 0.05) is 36.6 Å². The van der Waals surface area contributed by atoms with Gasteiger partial charge in [-0.2, -0.15) is 0 Å². The van der Waals surface area contributed by atoms with Crippen LogP contribution >= 0.6 is 0 Å². The predicted molar refractivity (Wildman–Crippen MR) is 116 cm³/mol. The summed E-state index contributed by atoms with van der Waals surface area (Å²) < 4.78 is 24.8. The summed E-state index contributed by atoms with van der Waals surface area (Å²) in [5.41, 5.74) is 13.8. The molecule has 1 unspecified atom stereocenters. The van der Waals surface area contributed by atoms with Gasteiger partial charge < -0.3 is 31.4 Å². The van der Waals surface area contributed by atoms with Crippen molar-refractivity contribution < 1.29 is 23.8 Å². The SMILES string of the molecule is CN=C(OC)C(=C(N)CNC)c1cnc(N)c(OC(C)c2ccc(F)cc2C(=O)O)c1. The lowest BCUT2D eigenvalue weighted by atomic mass is 10.0. The number of halogens is 1. The molecule has 9 nitrogen and oxygen atoms in total. The van der Waals surface area contributed by atoms with Crippen molar-refractivity contribution in [1.29, 1.82) is 0 Å². The number of likely N-dealkylation sites (N-methyl/N-ethyl adjacent to an activating group) is 1. The molecule has 0 amide bonds. The third-order valence-electron chi connectivity index (χ3n) is 4.46. The first-order valence-electron chi connectivity index (χ1n) is 9.33. The smallest absolute Gasteiger partial charge is 0.336 e. The van der Waals surface area contributed by atoms with E-state index in [0.717, 1.165) is 6.07 Å². The fourth-order valence-electron chi connectivity index (χ4n) is 3.04. The number of ether oxygens (including phenoxy) is 2. The molecule has 0 radical (unpaired) electrons. The molecule has 0 spiro atoms. The highest BCUT2D eigenvalue weighted by Crippen LogP contribution is 2.31. The van der Waals surface area contributed by atoms with E-state index in [0.29, 0.717) is 29.3 Å². The molecular formula is C21H26FN5O4. The Kier molecular flexibility index (Phi) is 7.92. The zero-order valence-electron chi connectivity index (χ0n) is 17.8. The topological polar surface area (TPSA) is 145 Å². The molecule has 2 rings (SSSR count). The molecule has 166 valence electrons. The lowest BCUT2D eigenvalue weighted by molar-refractivity contribution is 0.0691. The minimum atomic E-state index is -1.27. The second kappa shape index (κ2) is 10.4. The molecule has 6 N–H and O–H groups in total. The number of methoxy groups -OCH3 is 1. The van der Waals surface area contributed by atoms with Crippen LogP contribution in [0.1, 0.15) is 34.5 Å². The van der Waals surface area contributed by atoms with Crippen LogP contribution in [0.4, 0.5) is 10.2 Å². The number of aliphatic imine (C=N–C) groups is 1. The van der Waals surface area contributed by atoms with E-state index in [-0.39, 0.29) is 22.7 Å². The second-order valence-corrected chi connectivity index (χ2v) is 6.57. The van der Waals surface area contributed by atoms with E-state index in [1.54, 1.807) is 27.1 Å². The average Bonchev–Trinajstić information content (AvgIpc) is 2.73. The fraction of sp³-hybridized carbons (Fsp3) is 0.286. The van der Waals surface area contributed by atoms with Crippen LogP contribution in [-0.4, -0.2) is 49.7 Å². The maximum absolute atomic E-state index is 13.5. The monoisotopic (exact) mass is 431 g/mol. The molecule has 31 heavy (non-hydrogen) atoms. The van der Waals surface area contributed by atoms with Gasteiger partial charge in [-0.15, -0.1) is 0 Å². The van der Waals surface area contributed by atoms with Gasteiger partial charge in [-0.25, -0.2) is 14.2 Å². The maximum Gasteiger partial charge on any atom is 0.336 e. The highest BCUT2D eigenvalue weighted by atomic mass is 19.1. The van der Waals surface area contributed by atoms with Crippen molar-refractivity contribution >= 4 is 23.3 Å². The lowest BCUT2D eigenvalue weighted by Crippen LogP contribution is -2.21. The van der Waals surface area contributed by atoms with Crippen molar-refractivity contribution in [2.24, 2.45) is 10.7 Å². The standard InChI is InChI=1S/C21H26FN5O4/c1-11(14-6-5-13(22)8-15(14)21(28)29)31-17-7-12(9-27-19(17)24)18(16(23)10-25-2)20(26-3)30-4/h5-9,11,25H,10,23H2,1-4H3,(H2,24,27)(H,28,29). The van der Waals surface area contributed by atoms with Gasteiger partial charge in [-0.05, 0) is 32.2 Å². The number of benzene rings is 1. The molecule has 0 aliphatic heterocycles. The Morgan fingerprint density at radius 1 is 1.39 bits per heavy atom. The molecule has 10 heteroatoms. The Labute approximate surface area is 179 Å². The van der Waals surface area contributed by atoms with Crippen LogP contribution in [-0.2, 0) is 4.74 Å². The molecule has 0 saturated heterocycles. The maximum atomic E-state index is 13.5. The average molecular weight is 431 g/mol. The number of nitrogen functional groups attached to an aromatic ring is 1. The van der Waals surface area contributed by atoms with E-state index in [2.05, 4.69) is 15.3 Å². The summed E-state index contributed by atoms with van der Waals surface area (Å²) in [6, 6.07) is 5.09. The highest BCUT2D eigenvalue weighted by molar-refractivity contribution is 6.20. The van der Waals surface area contributed by atoms with Crippen molar-refractivity contribution in [1.82, 2.24) is 10.3 Å². The molecule has 1 heterocycles. The number of hydrogen-bond donors (Lipinski definition) is 4. The molecule has 1 aromatic heterocycles. The van der Waals surface area contributed by atoms with Crippen molar-refractivity contribution in [3.63, 3.8) is 0 Å². The van der Waals surface area contributed by atoms with Gasteiger partial charge in [-0.3, -0.25) is 4.99 Å². The van der Waals surface area contributed by atoms with Gasteiger partial charge in [-0.1, -0.05) is 6.07 Å². The predicted octanol–water partition coefficient (Wildman–Crippen LogP) is 2.21. The number of hydrogen-bond acceptors (Lipinski definition) is 8. The van der Waals surface area contributed by atoms with Crippen molar-refractivity contribution in [2.45, 2.75) is 13.0 Å². The van der Waals surface area contributed by atoms with Crippen LogP contribution in [0.5, 0.6) is 5.75 Å². The Hall–Kier alpha value is -3.66. The normalized spacial score (nSPS) is 13.4. The summed E-state index contributed by atoms with van der Waals surface area (Å²) in [5.74, 6) is -1.33. The molecular weight excluding hydrogens is 405 g/mol. The van der Waals surface area contributed by atoms with Crippen LogP contribution in [0.2, 0.25) is 0 Å². The molecule has 2 aromatic rings. The number of aromatic carboxylic acids is 1. The first-order valence-corrected chi connectivity index (χ1v) is 9.33. The van der Waals surface area contributed by atoms with E-state index < -0.39 is 17.9 Å². The number of nitrogens with zero attached hydrogens (tertiary/aromatic N) is 2. The van der Waals surface area contributed by atoms with Crippen LogP contribution in [0.15, 0.2) is 41.2 Å². The third-order valence-corrected chi connectivity index (χ3v) is 4.46. The van der Waals surface area contributed by atoms with Crippen LogP contribution in [0.3, 0.4) is 0 Å². The number of carboxylic acids is 1. The number of pyridine rings is 1. The Morgan fingerprint density at radius 3 is 2.68 bits per heavy atom. The van der Waals surface area contributed by atoms with Crippen molar-refractivity contribution in [2.75, 3.05) is 33.5 Å². The summed E-state index contributed by atoms with van der Waals surface area (Å²) in [5, 5.41) is 12.4. The number of aromatic nitrogens is 1. The summed E-state index contributed by atoms with van der Waals surface area (Å²) in [4.78, 5) is 19.8. The fourth-order valence-corrected chi connectivity index (χ4v) is 3.04.